The maximum Gasteiger partial charge on any atom is 0.326 e. The van der Waals surface area contributed by atoms with Crippen molar-refractivity contribution in [3.8, 4) is 0 Å². The SMILES string of the molecule is C[C@@H]1CC[C@@H](C)N1C(=O)N[C@@H](CCOC1CC(CCc2ccc3c(n2)NCCC3)C1)C(=O)O. The Hall–Kier alpha value is -2.35. The van der Waals surface area contributed by atoms with Crippen molar-refractivity contribution in [2.75, 3.05) is 18.5 Å². The molecule has 0 unspecified atom stereocenters. The second-order valence-electron chi connectivity index (χ2n) is 10.0. The highest BCUT2D eigenvalue weighted by atomic mass is 16.5. The van der Waals surface area contributed by atoms with Crippen molar-refractivity contribution < 1.29 is 19.4 Å². The van der Waals surface area contributed by atoms with Crippen LogP contribution in [0.15, 0.2) is 12.1 Å². The molecular formula is C25H38N4O4. The molecular weight excluding hydrogens is 420 g/mol. The van der Waals surface area contributed by atoms with E-state index in [9.17, 15) is 14.7 Å². The number of aryl methyl sites for hydroxylation is 2. The Morgan fingerprint density at radius 1 is 1.27 bits per heavy atom. The number of carbonyl (C=O) groups excluding carboxylic acids is 1. The fourth-order valence-corrected chi connectivity index (χ4v) is 5.34. The molecule has 1 aromatic heterocycles. The van der Waals surface area contributed by atoms with E-state index < -0.39 is 12.0 Å². The molecule has 3 heterocycles. The van der Waals surface area contributed by atoms with Gasteiger partial charge in [-0.1, -0.05) is 6.07 Å². The number of hydrogen-bond acceptors (Lipinski definition) is 5. The third-order valence-corrected chi connectivity index (χ3v) is 7.50. The van der Waals surface area contributed by atoms with Gasteiger partial charge in [-0.25, -0.2) is 14.6 Å². The van der Waals surface area contributed by atoms with E-state index in [0.29, 0.717) is 12.5 Å². The van der Waals surface area contributed by atoms with Crippen LogP contribution >= 0.6 is 0 Å². The Morgan fingerprint density at radius 2 is 2.03 bits per heavy atom. The van der Waals surface area contributed by atoms with Crippen LogP contribution in [0.3, 0.4) is 0 Å². The van der Waals surface area contributed by atoms with Gasteiger partial charge in [-0.05, 0) is 82.8 Å². The number of rotatable bonds is 9. The van der Waals surface area contributed by atoms with Crippen LogP contribution < -0.4 is 10.6 Å². The molecule has 8 nitrogen and oxygen atoms in total. The van der Waals surface area contributed by atoms with Gasteiger partial charge in [0.2, 0.25) is 0 Å². The van der Waals surface area contributed by atoms with Crippen LogP contribution in [-0.4, -0.2) is 64.4 Å². The first-order valence-electron chi connectivity index (χ1n) is 12.6. The highest BCUT2D eigenvalue weighted by Gasteiger charge is 2.34. The Bertz CT molecular complexity index is 832. The third-order valence-electron chi connectivity index (χ3n) is 7.50. The van der Waals surface area contributed by atoms with Crippen LogP contribution in [0.1, 0.15) is 70.1 Å². The number of nitrogens with one attached hydrogen (secondary N) is 2. The first-order chi connectivity index (χ1) is 15.9. The van der Waals surface area contributed by atoms with E-state index in [1.165, 1.54) is 12.0 Å². The van der Waals surface area contributed by atoms with E-state index in [1.54, 1.807) is 4.90 Å². The zero-order valence-electron chi connectivity index (χ0n) is 19.9. The van der Waals surface area contributed by atoms with Crippen molar-refractivity contribution in [3.05, 3.63) is 23.4 Å². The molecule has 3 N–H and O–H groups in total. The molecule has 2 amide bonds. The van der Waals surface area contributed by atoms with E-state index in [4.69, 9.17) is 9.72 Å². The summed E-state index contributed by atoms with van der Waals surface area (Å²) in [4.78, 5) is 30.7. The molecule has 3 atom stereocenters. The van der Waals surface area contributed by atoms with Crippen molar-refractivity contribution >= 4 is 17.8 Å². The molecule has 1 saturated carbocycles. The summed E-state index contributed by atoms with van der Waals surface area (Å²) in [5.74, 6) is 0.682. The van der Waals surface area contributed by atoms with Crippen molar-refractivity contribution in [2.24, 2.45) is 5.92 Å². The van der Waals surface area contributed by atoms with E-state index in [2.05, 4.69) is 22.8 Å². The molecule has 1 aromatic rings. The Morgan fingerprint density at radius 3 is 2.76 bits per heavy atom. The number of urea groups is 1. The molecule has 0 bridgehead atoms. The molecule has 1 aliphatic carbocycles. The van der Waals surface area contributed by atoms with Crippen LogP contribution in [0.25, 0.3) is 0 Å². The minimum absolute atomic E-state index is 0.144. The molecule has 8 heteroatoms. The van der Waals surface area contributed by atoms with Gasteiger partial charge in [-0.15, -0.1) is 0 Å². The standard InChI is InChI=1S/C25H38N4O4/c1-16-5-6-17(2)29(16)25(32)28-22(24(30)31)11-13-33-21-14-18(15-21)7-9-20-10-8-19-4-3-12-26-23(19)27-20/h8,10,16-18,21-22H,3-7,9,11-15H2,1-2H3,(H,26,27)(H,28,32)(H,30,31)/t16-,17-,18?,21?,22+/m1/s1. The predicted molar refractivity (Wildman–Crippen MR) is 126 cm³/mol. The van der Waals surface area contributed by atoms with E-state index >= 15 is 0 Å². The van der Waals surface area contributed by atoms with Crippen molar-refractivity contribution in [1.29, 1.82) is 0 Å². The van der Waals surface area contributed by atoms with E-state index in [1.807, 2.05) is 13.8 Å². The van der Waals surface area contributed by atoms with Crippen LogP contribution in [-0.2, 0) is 22.4 Å². The number of carboxylic acids is 1. The molecule has 1 saturated heterocycles. The first kappa shape index (κ1) is 23.8. The third kappa shape index (κ3) is 5.96. The second-order valence-corrected chi connectivity index (χ2v) is 10.0. The zero-order valence-corrected chi connectivity index (χ0v) is 19.9. The molecule has 0 spiro atoms. The molecule has 4 rings (SSSR count). The topological polar surface area (TPSA) is 104 Å². The summed E-state index contributed by atoms with van der Waals surface area (Å²) < 4.78 is 5.91. The summed E-state index contributed by atoms with van der Waals surface area (Å²) in [7, 11) is 0. The van der Waals surface area contributed by atoms with Gasteiger partial charge in [-0.2, -0.15) is 0 Å². The van der Waals surface area contributed by atoms with Gasteiger partial charge < -0.3 is 25.4 Å². The number of anilines is 1. The smallest absolute Gasteiger partial charge is 0.326 e. The predicted octanol–water partition coefficient (Wildman–Crippen LogP) is 3.59. The van der Waals surface area contributed by atoms with Crippen molar-refractivity contribution in [1.82, 2.24) is 15.2 Å². The van der Waals surface area contributed by atoms with Crippen molar-refractivity contribution in [3.63, 3.8) is 0 Å². The summed E-state index contributed by atoms with van der Waals surface area (Å²) in [6.45, 7) is 5.37. The molecule has 2 aliphatic heterocycles. The summed E-state index contributed by atoms with van der Waals surface area (Å²) in [5, 5.41) is 15.6. The number of carbonyl (C=O) groups is 2. The minimum Gasteiger partial charge on any atom is -0.480 e. The maximum absolute atomic E-state index is 12.6. The highest BCUT2D eigenvalue weighted by molar-refractivity contribution is 5.83. The molecule has 3 aliphatic rings. The Kier molecular flexibility index (Phi) is 7.73. The van der Waals surface area contributed by atoms with Gasteiger partial charge in [0.25, 0.3) is 0 Å². The fourth-order valence-electron chi connectivity index (χ4n) is 5.34. The zero-order chi connectivity index (χ0) is 23.4. The average Bonchev–Trinajstić information content (AvgIpc) is 3.11. The van der Waals surface area contributed by atoms with Crippen molar-refractivity contribution in [2.45, 2.75) is 95.9 Å². The summed E-state index contributed by atoms with van der Waals surface area (Å²) in [5.41, 5.74) is 2.47. The number of aromatic nitrogens is 1. The van der Waals surface area contributed by atoms with Gasteiger partial charge >= 0.3 is 12.0 Å². The number of aliphatic carboxylic acids is 1. The monoisotopic (exact) mass is 458 g/mol. The van der Waals surface area contributed by atoms with Crippen LogP contribution in [0, 0.1) is 5.92 Å². The summed E-state index contributed by atoms with van der Waals surface area (Å²) in [6.07, 6.45) is 8.77. The lowest BCUT2D eigenvalue weighted by Crippen LogP contribution is -2.51. The molecule has 0 aromatic carbocycles. The number of likely N-dealkylation sites (tertiary alicyclic amines) is 1. The van der Waals surface area contributed by atoms with Crippen LogP contribution in [0.2, 0.25) is 0 Å². The second kappa shape index (κ2) is 10.7. The quantitative estimate of drug-likeness (QED) is 0.522. The lowest BCUT2D eigenvalue weighted by molar-refractivity contribution is -0.140. The fraction of sp³-hybridized carbons (Fsp3) is 0.720. The first-order valence-corrected chi connectivity index (χ1v) is 12.6. The van der Waals surface area contributed by atoms with Crippen LogP contribution in [0.5, 0.6) is 0 Å². The van der Waals surface area contributed by atoms with Gasteiger partial charge in [0.1, 0.15) is 11.9 Å². The van der Waals surface area contributed by atoms with E-state index in [0.717, 1.165) is 63.0 Å². The molecule has 0 radical (unpaired) electrons. The molecule has 33 heavy (non-hydrogen) atoms. The highest BCUT2D eigenvalue weighted by Crippen LogP contribution is 2.34. The summed E-state index contributed by atoms with van der Waals surface area (Å²) in [6, 6.07) is 3.45. The number of nitrogens with zero attached hydrogens (tertiary/aromatic N) is 2. The largest absolute Gasteiger partial charge is 0.480 e. The van der Waals surface area contributed by atoms with Gasteiger partial charge in [0.15, 0.2) is 0 Å². The Balaban J connectivity index is 1.13. The summed E-state index contributed by atoms with van der Waals surface area (Å²) >= 11 is 0. The number of ether oxygens (including phenoxy) is 1. The molecule has 2 fully saturated rings. The van der Waals surface area contributed by atoms with Gasteiger partial charge in [-0.3, -0.25) is 0 Å². The molecule has 182 valence electrons. The number of amides is 2. The minimum atomic E-state index is -1.01. The number of pyridine rings is 1. The van der Waals surface area contributed by atoms with Gasteiger partial charge in [0.05, 0.1) is 6.10 Å². The number of fused-ring (bicyclic) bond motifs is 1. The number of hydrogen-bond donors (Lipinski definition) is 3. The van der Waals surface area contributed by atoms with Gasteiger partial charge in [0, 0.05) is 37.4 Å². The Labute approximate surface area is 196 Å². The maximum atomic E-state index is 12.6. The van der Waals surface area contributed by atoms with Crippen LogP contribution in [0.4, 0.5) is 10.6 Å². The normalized spacial score (nSPS) is 27.3. The average molecular weight is 459 g/mol. The van der Waals surface area contributed by atoms with E-state index in [-0.39, 0.29) is 30.6 Å². The number of carboxylic acid groups (broad SMARTS) is 1. The lowest BCUT2D eigenvalue weighted by atomic mass is 9.79. The lowest BCUT2D eigenvalue weighted by Gasteiger charge is -2.35.